The summed E-state index contributed by atoms with van der Waals surface area (Å²) in [6.45, 7) is 8.16. The Kier molecular flexibility index (Phi) is 7.46. The van der Waals surface area contributed by atoms with Crippen molar-refractivity contribution in [2.75, 3.05) is 26.2 Å². The Morgan fingerprint density at radius 1 is 1.19 bits per heavy atom. The van der Waals surface area contributed by atoms with Gasteiger partial charge < -0.3 is 20.5 Å². The van der Waals surface area contributed by atoms with Crippen molar-refractivity contribution in [2.45, 2.75) is 64.9 Å². The molecule has 0 radical (unpaired) electrons. The zero-order chi connectivity index (χ0) is 15.8. The number of hydrogen-bond acceptors (Lipinski definition) is 4. The van der Waals surface area contributed by atoms with Crippen LogP contribution in [-0.4, -0.2) is 43.0 Å². The van der Waals surface area contributed by atoms with Crippen molar-refractivity contribution in [3.63, 3.8) is 0 Å². The van der Waals surface area contributed by atoms with Crippen molar-refractivity contribution in [3.8, 4) is 0 Å². The number of carbonyl (C=O) groups is 1. The van der Waals surface area contributed by atoms with Gasteiger partial charge in [-0.1, -0.05) is 19.3 Å². The van der Waals surface area contributed by atoms with Crippen LogP contribution in [-0.2, 0) is 4.74 Å². The fraction of sp³-hybridized carbons (Fsp3) is 0.938. The monoisotopic (exact) mass is 300 g/mol. The quantitative estimate of drug-likeness (QED) is 0.632. The second kappa shape index (κ2) is 8.59. The molecule has 1 rings (SSSR count). The van der Waals surface area contributed by atoms with Gasteiger partial charge in [-0.25, -0.2) is 4.79 Å². The predicted molar refractivity (Wildman–Crippen MR) is 84.3 cm³/mol. The summed E-state index contributed by atoms with van der Waals surface area (Å²) in [5.41, 5.74) is -0.367. The molecule has 1 saturated carbocycles. The standard InChI is InChI=1S/C16H32N2O3/c1-15(2,3)21-14(20)18-11-7-10-17-12-16(13-19)8-5-4-6-9-16/h17,19H,4-13H2,1-3H3,(H,18,20). The highest BCUT2D eigenvalue weighted by Gasteiger charge is 2.30. The molecule has 0 aromatic rings. The van der Waals surface area contributed by atoms with Crippen molar-refractivity contribution in [2.24, 2.45) is 5.41 Å². The summed E-state index contributed by atoms with van der Waals surface area (Å²) in [5, 5.41) is 15.8. The van der Waals surface area contributed by atoms with Crippen LogP contribution in [0.2, 0.25) is 0 Å². The molecule has 1 aliphatic carbocycles. The normalized spacial score (nSPS) is 18.3. The van der Waals surface area contributed by atoms with Crippen molar-refractivity contribution < 1.29 is 14.6 Å². The summed E-state index contributed by atoms with van der Waals surface area (Å²) < 4.78 is 5.17. The van der Waals surface area contributed by atoms with Crippen molar-refractivity contribution >= 4 is 6.09 Å². The first-order chi connectivity index (χ1) is 9.87. The van der Waals surface area contributed by atoms with Gasteiger partial charge in [0.05, 0.1) is 0 Å². The summed E-state index contributed by atoms with van der Waals surface area (Å²) in [5.74, 6) is 0. The van der Waals surface area contributed by atoms with Crippen LogP contribution < -0.4 is 10.6 Å². The third kappa shape index (κ3) is 7.67. The Bertz CT molecular complexity index is 307. The lowest BCUT2D eigenvalue weighted by atomic mass is 9.74. The lowest BCUT2D eigenvalue weighted by Crippen LogP contribution is -2.40. The first-order valence-electron chi connectivity index (χ1n) is 8.15. The van der Waals surface area contributed by atoms with Crippen molar-refractivity contribution in [1.29, 1.82) is 0 Å². The van der Waals surface area contributed by atoms with E-state index in [0.29, 0.717) is 6.54 Å². The van der Waals surface area contributed by atoms with Crippen molar-refractivity contribution in [1.82, 2.24) is 10.6 Å². The van der Waals surface area contributed by atoms with Gasteiger partial charge in [0.25, 0.3) is 0 Å². The van der Waals surface area contributed by atoms with Gasteiger partial charge in [-0.05, 0) is 46.6 Å². The number of rotatable bonds is 7. The zero-order valence-corrected chi connectivity index (χ0v) is 13.8. The van der Waals surface area contributed by atoms with Gasteiger partial charge in [0.2, 0.25) is 0 Å². The average molecular weight is 300 g/mol. The van der Waals surface area contributed by atoms with E-state index in [1.165, 1.54) is 19.3 Å². The van der Waals surface area contributed by atoms with Gasteiger partial charge >= 0.3 is 6.09 Å². The third-order valence-electron chi connectivity index (χ3n) is 3.95. The smallest absolute Gasteiger partial charge is 0.407 e. The number of aliphatic hydroxyl groups excluding tert-OH is 1. The summed E-state index contributed by atoms with van der Waals surface area (Å²) in [6.07, 6.45) is 6.48. The molecule has 5 heteroatoms. The van der Waals surface area contributed by atoms with Crippen molar-refractivity contribution in [3.05, 3.63) is 0 Å². The largest absolute Gasteiger partial charge is 0.444 e. The molecule has 0 aliphatic heterocycles. The maximum atomic E-state index is 11.4. The number of alkyl carbamates (subject to hydrolysis) is 1. The lowest BCUT2D eigenvalue weighted by Gasteiger charge is -2.35. The average Bonchev–Trinajstić information content (AvgIpc) is 2.42. The highest BCUT2D eigenvalue weighted by Crippen LogP contribution is 2.35. The molecule has 3 N–H and O–H groups in total. The summed E-state index contributed by atoms with van der Waals surface area (Å²) in [6, 6.07) is 0. The first-order valence-corrected chi connectivity index (χ1v) is 8.15. The minimum Gasteiger partial charge on any atom is -0.444 e. The Labute approximate surface area is 128 Å². The van der Waals surface area contributed by atoms with Gasteiger partial charge in [-0.15, -0.1) is 0 Å². The van der Waals surface area contributed by atoms with E-state index in [9.17, 15) is 9.90 Å². The van der Waals surface area contributed by atoms with E-state index in [0.717, 1.165) is 32.4 Å². The first kappa shape index (κ1) is 18.2. The number of ether oxygens (including phenoxy) is 1. The Balaban J connectivity index is 2.07. The molecule has 0 unspecified atom stereocenters. The van der Waals surface area contributed by atoms with E-state index < -0.39 is 5.60 Å². The second-order valence-electron chi connectivity index (χ2n) is 7.18. The molecule has 0 atom stereocenters. The van der Waals surface area contributed by atoms with Gasteiger partial charge in [0.15, 0.2) is 0 Å². The lowest BCUT2D eigenvalue weighted by molar-refractivity contribution is 0.0526. The maximum Gasteiger partial charge on any atom is 0.407 e. The van der Waals surface area contributed by atoms with Crippen LogP contribution in [0.1, 0.15) is 59.3 Å². The van der Waals surface area contributed by atoms with Crippen LogP contribution in [0.4, 0.5) is 4.79 Å². The maximum absolute atomic E-state index is 11.4. The summed E-state index contributed by atoms with van der Waals surface area (Å²) in [7, 11) is 0. The zero-order valence-electron chi connectivity index (χ0n) is 13.8. The molecule has 0 saturated heterocycles. The molecule has 0 bridgehead atoms. The van der Waals surface area contributed by atoms with Crippen LogP contribution in [0, 0.1) is 5.41 Å². The van der Waals surface area contributed by atoms with Gasteiger partial charge in [0, 0.05) is 25.1 Å². The molecular weight excluding hydrogens is 268 g/mol. The topological polar surface area (TPSA) is 70.6 Å². The molecule has 21 heavy (non-hydrogen) atoms. The van der Waals surface area contributed by atoms with Gasteiger partial charge in [0.1, 0.15) is 5.60 Å². The highest BCUT2D eigenvalue weighted by atomic mass is 16.6. The van der Waals surface area contributed by atoms with Crippen LogP contribution >= 0.6 is 0 Å². The SMILES string of the molecule is CC(C)(C)OC(=O)NCCCNCC1(CO)CCCCC1. The molecule has 0 spiro atoms. The minimum atomic E-state index is -0.448. The molecule has 1 aliphatic rings. The van der Waals surface area contributed by atoms with Gasteiger partial charge in [-0.3, -0.25) is 0 Å². The number of hydrogen-bond donors (Lipinski definition) is 3. The highest BCUT2D eigenvalue weighted by molar-refractivity contribution is 5.67. The van der Waals surface area contributed by atoms with E-state index in [4.69, 9.17) is 4.74 Å². The molecule has 1 fully saturated rings. The number of carbonyl (C=O) groups excluding carboxylic acids is 1. The minimum absolute atomic E-state index is 0.0802. The van der Waals surface area contributed by atoms with Gasteiger partial charge in [-0.2, -0.15) is 0 Å². The van der Waals surface area contributed by atoms with E-state index >= 15 is 0 Å². The van der Waals surface area contributed by atoms with E-state index in [1.807, 2.05) is 20.8 Å². The third-order valence-corrected chi connectivity index (χ3v) is 3.95. The fourth-order valence-electron chi connectivity index (χ4n) is 2.76. The van der Waals surface area contributed by atoms with E-state index in [2.05, 4.69) is 10.6 Å². The number of aliphatic hydroxyl groups is 1. The fourth-order valence-corrected chi connectivity index (χ4v) is 2.76. The molecule has 0 aromatic carbocycles. The Hall–Kier alpha value is -0.810. The molecule has 124 valence electrons. The summed E-state index contributed by atoms with van der Waals surface area (Å²) in [4.78, 5) is 11.4. The Morgan fingerprint density at radius 3 is 2.43 bits per heavy atom. The summed E-state index contributed by atoms with van der Waals surface area (Å²) >= 11 is 0. The predicted octanol–water partition coefficient (Wildman–Crippen LogP) is 2.43. The van der Waals surface area contributed by atoms with Crippen LogP contribution in [0.5, 0.6) is 0 Å². The van der Waals surface area contributed by atoms with Crippen LogP contribution in [0.3, 0.4) is 0 Å². The number of nitrogens with one attached hydrogen (secondary N) is 2. The molecular formula is C16H32N2O3. The van der Waals surface area contributed by atoms with E-state index in [1.54, 1.807) is 0 Å². The van der Waals surface area contributed by atoms with Crippen LogP contribution in [0.25, 0.3) is 0 Å². The number of amides is 1. The van der Waals surface area contributed by atoms with E-state index in [-0.39, 0.29) is 18.1 Å². The van der Waals surface area contributed by atoms with Crippen LogP contribution in [0.15, 0.2) is 0 Å². The molecule has 0 heterocycles. The molecule has 5 nitrogen and oxygen atoms in total. The Morgan fingerprint density at radius 2 is 1.86 bits per heavy atom. The molecule has 0 aromatic heterocycles. The molecule has 1 amide bonds. The second-order valence-corrected chi connectivity index (χ2v) is 7.18.